The van der Waals surface area contributed by atoms with Crippen LogP contribution in [-0.4, -0.2) is 38.8 Å². The van der Waals surface area contributed by atoms with E-state index in [1.807, 2.05) is 31.3 Å². The molecule has 1 unspecified atom stereocenters. The maximum atomic E-state index is 11.9. The van der Waals surface area contributed by atoms with E-state index in [-0.39, 0.29) is 18.6 Å². The maximum Gasteiger partial charge on any atom is 0.246 e. The number of carbonyl (C=O) groups excluding carboxylic acids is 1. The molecular weight excluding hydrogens is 316 g/mol. The molecule has 1 atom stereocenters. The predicted octanol–water partition coefficient (Wildman–Crippen LogP) is 2.25. The first-order chi connectivity index (χ1) is 12.3. The number of hydrogen-bond donors (Lipinski definition) is 2. The molecule has 0 fully saturated rings. The van der Waals surface area contributed by atoms with Crippen LogP contribution in [0, 0.1) is 11.8 Å². The quantitative estimate of drug-likeness (QED) is 0.533. The molecule has 1 aromatic rings. The van der Waals surface area contributed by atoms with Gasteiger partial charge in [-0.2, -0.15) is 0 Å². The molecule has 0 radical (unpaired) electrons. The first-order valence-corrected chi connectivity index (χ1v) is 9.01. The van der Waals surface area contributed by atoms with Crippen molar-refractivity contribution in [2.24, 2.45) is 0 Å². The summed E-state index contributed by atoms with van der Waals surface area (Å²) in [5, 5.41) is 5.91. The number of hydrogen-bond acceptors (Lipinski definition) is 4. The first kappa shape index (κ1) is 19.3. The summed E-state index contributed by atoms with van der Waals surface area (Å²) in [4.78, 5) is 11.9. The smallest absolute Gasteiger partial charge is 0.246 e. The lowest BCUT2D eigenvalue weighted by Gasteiger charge is -2.14. The van der Waals surface area contributed by atoms with Crippen LogP contribution in [0.2, 0.25) is 0 Å². The van der Waals surface area contributed by atoms with E-state index in [0.717, 1.165) is 37.1 Å². The standard InChI is InChI=1S/C20H28N2O3/c1-21-13-14-24-19-11-9-17(10-12-19)15-22-20(23)16-25-18-7-5-3-2-4-6-8-18/h9-12,18,21H,2-5,7,13-16H2,1H3,(H,22,23). The summed E-state index contributed by atoms with van der Waals surface area (Å²) >= 11 is 0. The van der Waals surface area contributed by atoms with Gasteiger partial charge < -0.3 is 20.1 Å². The van der Waals surface area contributed by atoms with E-state index in [9.17, 15) is 4.79 Å². The van der Waals surface area contributed by atoms with Gasteiger partial charge in [0.2, 0.25) is 5.91 Å². The Bertz CT molecular complexity index is 575. The molecule has 136 valence electrons. The first-order valence-electron chi connectivity index (χ1n) is 9.01. The molecule has 0 saturated carbocycles. The van der Waals surface area contributed by atoms with Crippen molar-refractivity contribution in [3.63, 3.8) is 0 Å². The number of rotatable bonds is 9. The van der Waals surface area contributed by atoms with Crippen molar-refractivity contribution < 1.29 is 14.3 Å². The van der Waals surface area contributed by atoms with Crippen LogP contribution < -0.4 is 15.4 Å². The monoisotopic (exact) mass is 344 g/mol. The fraction of sp³-hybridized carbons (Fsp3) is 0.550. The number of benzene rings is 1. The number of nitrogens with one attached hydrogen (secondary N) is 2. The highest BCUT2D eigenvalue weighted by Crippen LogP contribution is 2.12. The molecule has 5 heteroatoms. The molecule has 0 aromatic heterocycles. The van der Waals surface area contributed by atoms with E-state index in [0.29, 0.717) is 13.2 Å². The third kappa shape index (κ3) is 8.06. The number of likely N-dealkylation sites (N-methyl/N-ethyl adjacent to an activating group) is 1. The third-order valence-corrected chi connectivity index (χ3v) is 3.98. The van der Waals surface area contributed by atoms with Crippen LogP contribution in [0.15, 0.2) is 24.3 Å². The normalized spacial score (nSPS) is 16.9. The Morgan fingerprint density at radius 1 is 1.24 bits per heavy atom. The molecule has 1 aliphatic carbocycles. The summed E-state index contributed by atoms with van der Waals surface area (Å²) in [6.07, 6.45) is 5.20. The van der Waals surface area contributed by atoms with Crippen LogP contribution in [0.5, 0.6) is 5.75 Å². The second-order valence-electron chi connectivity index (χ2n) is 6.09. The zero-order chi connectivity index (χ0) is 17.7. The Morgan fingerprint density at radius 3 is 2.88 bits per heavy atom. The average Bonchev–Trinajstić information content (AvgIpc) is 2.60. The zero-order valence-electron chi connectivity index (χ0n) is 15.0. The fourth-order valence-corrected chi connectivity index (χ4v) is 2.51. The maximum absolute atomic E-state index is 11.9. The van der Waals surface area contributed by atoms with Crippen molar-refractivity contribution >= 4 is 5.91 Å². The summed E-state index contributed by atoms with van der Waals surface area (Å²) in [5.74, 6) is 6.94. The second kappa shape index (κ2) is 11.5. The van der Waals surface area contributed by atoms with Crippen molar-refractivity contribution in [1.82, 2.24) is 10.6 Å². The average molecular weight is 344 g/mol. The van der Waals surface area contributed by atoms with Gasteiger partial charge in [-0.25, -0.2) is 0 Å². The van der Waals surface area contributed by atoms with E-state index in [1.54, 1.807) is 0 Å². The topological polar surface area (TPSA) is 59.6 Å². The van der Waals surface area contributed by atoms with Crippen LogP contribution >= 0.6 is 0 Å². The van der Waals surface area contributed by atoms with E-state index >= 15 is 0 Å². The summed E-state index contributed by atoms with van der Waals surface area (Å²) in [6, 6.07) is 7.74. The van der Waals surface area contributed by atoms with Crippen molar-refractivity contribution in [1.29, 1.82) is 0 Å². The van der Waals surface area contributed by atoms with Gasteiger partial charge in [0, 0.05) is 19.5 Å². The van der Waals surface area contributed by atoms with Gasteiger partial charge in [-0.1, -0.05) is 24.5 Å². The molecule has 0 spiro atoms. The molecule has 2 N–H and O–H groups in total. The minimum Gasteiger partial charge on any atom is -0.492 e. The zero-order valence-corrected chi connectivity index (χ0v) is 15.0. The third-order valence-electron chi connectivity index (χ3n) is 3.98. The van der Waals surface area contributed by atoms with Gasteiger partial charge in [0.15, 0.2) is 0 Å². The van der Waals surface area contributed by atoms with E-state index in [4.69, 9.17) is 9.47 Å². The molecule has 0 aliphatic heterocycles. The van der Waals surface area contributed by atoms with Crippen LogP contribution in [0.4, 0.5) is 0 Å². The van der Waals surface area contributed by atoms with Gasteiger partial charge >= 0.3 is 0 Å². The van der Waals surface area contributed by atoms with Gasteiger partial charge in [0.05, 0.1) is 0 Å². The van der Waals surface area contributed by atoms with Crippen molar-refractivity contribution in [3.05, 3.63) is 29.8 Å². The van der Waals surface area contributed by atoms with Crippen molar-refractivity contribution in [2.45, 2.75) is 44.8 Å². The minimum atomic E-state index is -0.113. The lowest BCUT2D eigenvalue weighted by Crippen LogP contribution is -2.29. The van der Waals surface area contributed by atoms with Crippen molar-refractivity contribution in [2.75, 3.05) is 26.8 Å². The molecule has 25 heavy (non-hydrogen) atoms. The Hall–Kier alpha value is -2.03. The van der Waals surface area contributed by atoms with E-state index in [1.165, 1.54) is 12.8 Å². The number of carbonyl (C=O) groups is 1. The van der Waals surface area contributed by atoms with Crippen LogP contribution in [0.3, 0.4) is 0 Å². The van der Waals surface area contributed by atoms with Gasteiger partial charge in [-0.3, -0.25) is 4.79 Å². The van der Waals surface area contributed by atoms with Crippen LogP contribution in [-0.2, 0) is 16.1 Å². The summed E-state index contributed by atoms with van der Waals surface area (Å²) in [6.45, 7) is 1.98. The lowest BCUT2D eigenvalue weighted by molar-refractivity contribution is -0.127. The molecule has 0 saturated heterocycles. The van der Waals surface area contributed by atoms with E-state index in [2.05, 4.69) is 22.5 Å². The van der Waals surface area contributed by atoms with Gasteiger partial charge in [0.1, 0.15) is 25.1 Å². The highest BCUT2D eigenvalue weighted by Gasteiger charge is 2.10. The van der Waals surface area contributed by atoms with Crippen LogP contribution in [0.1, 0.15) is 37.7 Å². The number of amides is 1. The Balaban J connectivity index is 1.67. The molecule has 2 rings (SSSR count). The summed E-state index contributed by atoms with van der Waals surface area (Å²) < 4.78 is 11.2. The molecule has 1 aliphatic rings. The summed E-state index contributed by atoms with van der Waals surface area (Å²) in [7, 11) is 1.89. The molecule has 1 aromatic carbocycles. The second-order valence-corrected chi connectivity index (χ2v) is 6.09. The minimum absolute atomic E-state index is 0.0601. The highest BCUT2D eigenvalue weighted by molar-refractivity contribution is 5.77. The lowest BCUT2D eigenvalue weighted by atomic mass is 10.1. The molecular formula is C20H28N2O3. The summed E-state index contributed by atoms with van der Waals surface area (Å²) in [5.41, 5.74) is 1.03. The van der Waals surface area contributed by atoms with Crippen LogP contribution in [0.25, 0.3) is 0 Å². The van der Waals surface area contributed by atoms with Gasteiger partial charge in [-0.05, 0) is 44.0 Å². The highest BCUT2D eigenvalue weighted by atomic mass is 16.5. The van der Waals surface area contributed by atoms with Gasteiger partial charge in [-0.15, -0.1) is 5.92 Å². The van der Waals surface area contributed by atoms with Gasteiger partial charge in [0.25, 0.3) is 0 Å². The SMILES string of the molecule is CNCCOc1ccc(CNC(=O)COC2C#CCCCCC2)cc1. The fourth-order valence-electron chi connectivity index (χ4n) is 2.51. The largest absolute Gasteiger partial charge is 0.492 e. The molecule has 5 nitrogen and oxygen atoms in total. The van der Waals surface area contributed by atoms with Crippen molar-refractivity contribution in [3.8, 4) is 17.6 Å². The molecule has 0 bridgehead atoms. The van der Waals surface area contributed by atoms with E-state index < -0.39 is 0 Å². The predicted molar refractivity (Wildman–Crippen MR) is 98.3 cm³/mol. The molecule has 0 heterocycles. The molecule has 1 amide bonds. The Morgan fingerprint density at radius 2 is 2.08 bits per heavy atom. The Kier molecular flexibility index (Phi) is 8.89. The number of ether oxygens (including phenoxy) is 2. The Labute approximate surface area is 150 Å².